The lowest BCUT2D eigenvalue weighted by molar-refractivity contribution is 0.348. The van der Waals surface area contributed by atoms with Crippen LogP contribution >= 0.6 is 0 Å². The van der Waals surface area contributed by atoms with Gasteiger partial charge in [-0.3, -0.25) is 0 Å². The van der Waals surface area contributed by atoms with Crippen molar-refractivity contribution >= 4 is 0 Å². The Balaban J connectivity index is 2.51. The van der Waals surface area contributed by atoms with Crippen molar-refractivity contribution in [2.24, 2.45) is 0 Å². The van der Waals surface area contributed by atoms with E-state index < -0.39 is 0 Å². The third-order valence-corrected chi connectivity index (χ3v) is 2.39. The molecule has 2 nitrogen and oxygen atoms in total. The Labute approximate surface area is 72.1 Å². The first-order valence-electron chi connectivity index (χ1n) is 4.09. The molecule has 0 N–H and O–H groups in total. The summed E-state index contributed by atoms with van der Waals surface area (Å²) >= 11 is 0. The second-order valence-electron chi connectivity index (χ2n) is 2.94. The Morgan fingerprint density at radius 3 is 2.42 bits per heavy atom. The van der Waals surface area contributed by atoms with E-state index in [4.69, 9.17) is 9.47 Å². The zero-order chi connectivity index (χ0) is 8.55. The van der Waals surface area contributed by atoms with Gasteiger partial charge in [-0.1, -0.05) is 6.07 Å². The molecule has 0 bridgehead atoms. The third kappa shape index (κ3) is 0.876. The highest BCUT2D eigenvalue weighted by Crippen LogP contribution is 2.38. The second kappa shape index (κ2) is 2.70. The van der Waals surface area contributed by atoms with Gasteiger partial charge < -0.3 is 9.47 Å². The minimum atomic E-state index is 0.843. The molecule has 1 aromatic rings. The van der Waals surface area contributed by atoms with Crippen LogP contribution in [0.1, 0.15) is 11.1 Å². The van der Waals surface area contributed by atoms with Gasteiger partial charge in [-0.05, 0) is 24.5 Å². The van der Waals surface area contributed by atoms with Gasteiger partial charge in [-0.25, -0.2) is 0 Å². The van der Waals surface area contributed by atoms with Gasteiger partial charge in [0.05, 0.1) is 14.2 Å². The Bertz CT molecular complexity index is 305. The quantitative estimate of drug-likeness (QED) is 0.663. The fourth-order valence-corrected chi connectivity index (χ4v) is 1.62. The van der Waals surface area contributed by atoms with Crippen molar-refractivity contribution in [3.8, 4) is 11.5 Å². The topological polar surface area (TPSA) is 18.5 Å². The van der Waals surface area contributed by atoms with Gasteiger partial charge in [-0.2, -0.15) is 0 Å². The van der Waals surface area contributed by atoms with Crippen LogP contribution < -0.4 is 9.47 Å². The number of ether oxygens (including phenoxy) is 2. The highest BCUT2D eigenvalue weighted by atomic mass is 16.5. The van der Waals surface area contributed by atoms with E-state index in [9.17, 15) is 0 Å². The summed E-state index contributed by atoms with van der Waals surface area (Å²) in [5.74, 6) is 1.76. The summed E-state index contributed by atoms with van der Waals surface area (Å²) in [5.41, 5.74) is 2.71. The second-order valence-corrected chi connectivity index (χ2v) is 2.94. The van der Waals surface area contributed by atoms with Crippen LogP contribution in [0.25, 0.3) is 0 Å². The predicted molar refractivity (Wildman–Crippen MR) is 47.0 cm³/mol. The maximum atomic E-state index is 5.27. The van der Waals surface area contributed by atoms with Crippen LogP contribution in [0.15, 0.2) is 12.1 Å². The highest BCUT2D eigenvalue weighted by Gasteiger charge is 2.20. The maximum absolute atomic E-state index is 5.27. The van der Waals surface area contributed by atoms with Gasteiger partial charge in [-0.15, -0.1) is 0 Å². The molecule has 0 fully saturated rings. The SMILES string of the molecule is COc1ccc2c(c1OC)CC2. The molecule has 1 aliphatic rings. The van der Waals surface area contributed by atoms with Crippen molar-refractivity contribution in [2.45, 2.75) is 12.8 Å². The van der Waals surface area contributed by atoms with Crippen LogP contribution in [0.2, 0.25) is 0 Å². The summed E-state index contributed by atoms with van der Waals surface area (Å²) in [4.78, 5) is 0. The van der Waals surface area contributed by atoms with Gasteiger partial charge in [0.2, 0.25) is 0 Å². The summed E-state index contributed by atoms with van der Waals surface area (Å²) in [6, 6.07) is 4.08. The molecule has 64 valence electrons. The molecule has 2 heteroatoms. The lowest BCUT2D eigenvalue weighted by Crippen LogP contribution is -2.10. The minimum absolute atomic E-state index is 0.843. The van der Waals surface area contributed by atoms with E-state index in [1.54, 1.807) is 14.2 Å². The normalized spacial score (nSPS) is 13.2. The average molecular weight is 164 g/mol. The Morgan fingerprint density at radius 2 is 1.92 bits per heavy atom. The van der Waals surface area contributed by atoms with Gasteiger partial charge in [0.1, 0.15) is 0 Å². The molecule has 2 rings (SSSR count). The zero-order valence-corrected chi connectivity index (χ0v) is 7.39. The fourth-order valence-electron chi connectivity index (χ4n) is 1.62. The van der Waals surface area contributed by atoms with Crippen LogP contribution in [-0.2, 0) is 12.8 Å². The molecule has 0 saturated heterocycles. The van der Waals surface area contributed by atoms with Crippen LogP contribution in [0.5, 0.6) is 11.5 Å². The van der Waals surface area contributed by atoms with E-state index in [1.807, 2.05) is 6.07 Å². The van der Waals surface area contributed by atoms with Gasteiger partial charge in [0, 0.05) is 5.56 Å². The minimum Gasteiger partial charge on any atom is -0.493 e. The van der Waals surface area contributed by atoms with E-state index >= 15 is 0 Å². The van der Waals surface area contributed by atoms with Crippen molar-refractivity contribution in [1.82, 2.24) is 0 Å². The average Bonchev–Trinajstić information content (AvgIpc) is 2.06. The summed E-state index contributed by atoms with van der Waals surface area (Å²) in [6.07, 6.45) is 2.30. The van der Waals surface area contributed by atoms with Crippen molar-refractivity contribution in [3.05, 3.63) is 23.3 Å². The van der Waals surface area contributed by atoms with E-state index in [-0.39, 0.29) is 0 Å². The molecular formula is C10H12O2. The third-order valence-electron chi connectivity index (χ3n) is 2.39. The van der Waals surface area contributed by atoms with E-state index in [0.717, 1.165) is 17.9 Å². The van der Waals surface area contributed by atoms with Crippen LogP contribution in [0.4, 0.5) is 0 Å². The molecule has 0 radical (unpaired) electrons. The fraction of sp³-hybridized carbons (Fsp3) is 0.400. The number of rotatable bonds is 2. The van der Waals surface area contributed by atoms with Gasteiger partial charge in [0.15, 0.2) is 11.5 Å². The van der Waals surface area contributed by atoms with Crippen LogP contribution in [0, 0.1) is 0 Å². The van der Waals surface area contributed by atoms with Crippen molar-refractivity contribution < 1.29 is 9.47 Å². The summed E-state index contributed by atoms with van der Waals surface area (Å²) in [5, 5.41) is 0. The number of methoxy groups -OCH3 is 2. The number of hydrogen-bond acceptors (Lipinski definition) is 2. The number of hydrogen-bond donors (Lipinski definition) is 0. The molecule has 0 saturated carbocycles. The smallest absolute Gasteiger partial charge is 0.164 e. The first-order valence-corrected chi connectivity index (χ1v) is 4.09. The van der Waals surface area contributed by atoms with E-state index in [2.05, 4.69) is 6.07 Å². The zero-order valence-electron chi connectivity index (χ0n) is 7.39. The highest BCUT2D eigenvalue weighted by molar-refractivity contribution is 5.54. The first kappa shape index (κ1) is 7.47. The number of benzene rings is 1. The Kier molecular flexibility index (Phi) is 1.68. The van der Waals surface area contributed by atoms with Gasteiger partial charge in [0.25, 0.3) is 0 Å². The molecule has 0 amide bonds. The van der Waals surface area contributed by atoms with Crippen LogP contribution in [-0.4, -0.2) is 14.2 Å². The van der Waals surface area contributed by atoms with Crippen molar-refractivity contribution in [1.29, 1.82) is 0 Å². The summed E-state index contributed by atoms with van der Waals surface area (Å²) < 4.78 is 10.5. The van der Waals surface area contributed by atoms with Crippen molar-refractivity contribution in [2.75, 3.05) is 14.2 Å². The molecule has 0 heterocycles. The Hall–Kier alpha value is -1.18. The monoisotopic (exact) mass is 164 g/mol. The standard InChI is InChI=1S/C10H12O2/c1-11-9-6-4-7-3-5-8(7)10(9)12-2/h4,6H,3,5H2,1-2H3. The number of fused-ring (bicyclic) bond motifs is 1. The molecule has 0 spiro atoms. The summed E-state index contributed by atoms with van der Waals surface area (Å²) in [7, 11) is 3.36. The van der Waals surface area contributed by atoms with E-state index in [1.165, 1.54) is 17.5 Å². The molecule has 0 unspecified atom stereocenters. The molecule has 1 aliphatic carbocycles. The molecule has 1 aromatic carbocycles. The largest absolute Gasteiger partial charge is 0.493 e. The van der Waals surface area contributed by atoms with Gasteiger partial charge >= 0.3 is 0 Å². The lowest BCUT2D eigenvalue weighted by Gasteiger charge is -2.22. The number of aryl methyl sites for hydroxylation is 1. The Morgan fingerprint density at radius 1 is 1.08 bits per heavy atom. The predicted octanol–water partition coefficient (Wildman–Crippen LogP) is 1.80. The lowest BCUT2D eigenvalue weighted by atomic mass is 9.87. The molecule has 0 atom stereocenters. The molecule has 0 aliphatic heterocycles. The van der Waals surface area contributed by atoms with Crippen molar-refractivity contribution in [3.63, 3.8) is 0 Å². The van der Waals surface area contributed by atoms with Crippen LogP contribution in [0.3, 0.4) is 0 Å². The molecule has 0 aromatic heterocycles. The summed E-state index contributed by atoms with van der Waals surface area (Å²) in [6.45, 7) is 0. The van der Waals surface area contributed by atoms with E-state index in [0.29, 0.717) is 0 Å². The molecule has 12 heavy (non-hydrogen) atoms. The first-order chi connectivity index (χ1) is 5.86. The molecular weight excluding hydrogens is 152 g/mol. The maximum Gasteiger partial charge on any atom is 0.164 e.